The molecule has 4 heteroatoms. The summed E-state index contributed by atoms with van der Waals surface area (Å²) < 4.78 is 18.6. The molecule has 0 spiro atoms. The molecule has 0 radical (unpaired) electrons. The molecule has 1 aromatic carbocycles. The normalized spacial score (nSPS) is 14.3. The largest absolute Gasteiger partial charge is 0.444 e. The molecule has 0 saturated carbocycles. The monoisotopic (exact) mass is 262 g/mol. The molecule has 1 aromatic heterocycles. The average Bonchev–Trinajstić information content (AvgIpc) is 2.75. The number of rotatable bonds is 5. The molecular formula is C15H19FN2O. The van der Waals surface area contributed by atoms with E-state index in [4.69, 9.17) is 4.42 Å². The highest BCUT2D eigenvalue weighted by atomic mass is 19.1. The van der Waals surface area contributed by atoms with Gasteiger partial charge in [-0.15, -0.1) is 0 Å². The minimum Gasteiger partial charge on any atom is -0.444 e. The molecule has 19 heavy (non-hydrogen) atoms. The molecule has 1 heterocycles. The summed E-state index contributed by atoms with van der Waals surface area (Å²) in [5, 5.41) is 3.40. The van der Waals surface area contributed by atoms with Crippen molar-refractivity contribution in [2.45, 2.75) is 39.3 Å². The number of aryl methyl sites for hydroxylation is 1. The Kier molecular flexibility index (Phi) is 4.32. The molecule has 2 rings (SSSR count). The molecule has 0 amide bonds. The number of hydrogen-bond acceptors (Lipinski definition) is 3. The van der Waals surface area contributed by atoms with Crippen LogP contribution in [0.15, 0.2) is 34.9 Å². The maximum atomic E-state index is 13.1. The lowest BCUT2D eigenvalue weighted by Gasteiger charge is -2.17. The van der Waals surface area contributed by atoms with Crippen molar-refractivity contribution in [1.29, 1.82) is 0 Å². The first kappa shape index (κ1) is 13.7. The second-order valence-electron chi connectivity index (χ2n) is 4.93. The lowest BCUT2D eigenvalue weighted by atomic mass is 10.1. The van der Waals surface area contributed by atoms with E-state index in [1.807, 2.05) is 19.9 Å². The minimum atomic E-state index is -0.193. The van der Waals surface area contributed by atoms with Gasteiger partial charge in [-0.05, 0) is 44.9 Å². The summed E-state index contributed by atoms with van der Waals surface area (Å²) in [6.45, 7) is 5.95. The van der Waals surface area contributed by atoms with Crippen molar-refractivity contribution in [2.24, 2.45) is 0 Å². The molecule has 0 fully saturated rings. The fourth-order valence-corrected chi connectivity index (χ4v) is 2.15. The van der Waals surface area contributed by atoms with E-state index in [2.05, 4.69) is 17.2 Å². The highest BCUT2D eigenvalue weighted by molar-refractivity contribution is 5.17. The molecule has 0 aliphatic rings. The van der Waals surface area contributed by atoms with Crippen LogP contribution in [0.3, 0.4) is 0 Å². The molecule has 0 aliphatic carbocycles. The van der Waals surface area contributed by atoms with Gasteiger partial charge in [0.2, 0.25) is 5.89 Å². The van der Waals surface area contributed by atoms with Gasteiger partial charge in [0.15, 0.2) is 0 Å². The zero-order valence-electron chi connectivity index (χ0n) is 11.5. The predicted octanol–water partition coefficient (Wildman–Crippen LogP) is 3.40. The number of benzene rings is 1. The zero-order valence-corrected chi connectivity index (χ0v) is 11.5. The van der Waals surface area contributed by atoms with E-state index < -0.39 is 0 Å². The lowest BCUT2D eigenvalue weighted by Crippen LogP contribution is -2.30. The van der Waals surface area contributed by atoms with E-state index in [9.17, 15) is 4.39 Å². The zero-order chi connectivity index (χ0) is 13.8. The van der Waals surface area contributed by atoms with Crippen LogP contribution >= 0.6 is 0 Å². The first-order valence-corrected chi connectivity index (χ1v) is 6.47. The Morgan fingerprint density at radius 2 is 2.16 bits per heavy atom. The molecule has 0 aliphatic heterocycles. The van der Waals surface area contributed by atoms with E-state index in [0.29, 0.717) is 5.89 Å². The van der Waals surface area contributed by atoms with Gasteiger partial charge in [0.05, 0.1) is 12.2 Å². The van der Waals surface area contributed by atoms with E-state index in [1.54, 1.807) is 18.3 Å². The fraction of sp³-hybridized carbons (Fsp3) is 0.400. The van der Waals surface area contributed by atoms with Gasteiger partial charge in [0.1, 0.15) is 11.6 Å². The van der Waals surface area contributed by atoms with Gasteiger partial charge in [0.25, 0.3) is 0 Å². The van der Waals surface area contributed by atoms with Gasteiger partial charge >= 0.3 is 0 Å². The number of halogens is 1. The molecule has 2 aromatic rings. The van der Waals surface area contributed by atoms with E-state index in [0.717, 1.165) is 17.7 Å². The Labute approximate surface area is 112 Å². The predicted molar refractivity (Wildman–Crippen MR) is 72.4 cm³/mol. The fourth-order valence-electron chi connectivity index (χ4n) is 2.15. The molecule has 3 nitrogen and oxygen atoms in total. The molecule has 0 saturated heterocycles. The van der Waals surface area contributed by atoms with Crippen LogP contribution in [0.2, 0.25) is 0 Å². The summed E-state index contributed by atoms with van der Waals surface area (Å²) in [5.74, 6) is 1.30. The van der Waals surface area contributed by atoms with Crippen molar-refractivity contribution in [3.05, 3.63) is 53.5 Å². The highest BCUT2D eigenvalue weighted by Crippen LogP contribution is 2.14. The van der Waals surface area contributed by atoms with Crippen molar-refractivity contribution in [3.63, 3.8) is 0 Å². The minimum absolute atomic E-state index is 0.0391. The van der Waals surface area contributed by atoms with Crippen LogP contribution in [-0.4, -0.2) is 11.0 Å². The first-order chi connectivity index (χ1) is 9.04. The number of aromatic nitrogens is 1. The second kappa shape index (κ2) is 5.97. The Morgan fingerprint density at radius 1 is 1.37 bits per heavy atom. The molecule has 102 valence electrons. The standard InChI is InChI=1S/C15H19FN2O/c1-10(7-13-5-4-6-14(16)8-13)18-12(3)15-17-9-11(2)19-15/h4-6,8-10,12,18H,7H2,1-3H3. The van der Waals surface area contributed by atoms with E-state index >= 15 is 0 Å². The van der Waals surface area contributed by atoms with Crippen LogP contribution in [0.5, 0.6) is 0 Å². The van der Waals surface area contributed by atoms with Crippen LogP contribution in [0.4, 0.5) is 4.39 Å². The van der Waals surface area contributed by atoms with Crippen molar-refractivity contribution in [1.82, 2.24) is 10.3 Å². The molecule has 2 unspecified atom stereocenters. The van der Waals surface area contributed by atoms with E-state index in [1.165, 1.54) is 6.07 Å². The number of nitrogens with one attached hydrogen (secondary N) is 1. The van der Waals surface area contributed by atoms with Gasteiger partial charge in [0, 0.05) is 6.04 Å². The Morgan fingerprint density at radius 3 is 2.79 bits per heavy atom. The van der Waals surface area contributed by atoms with Gasteiger partial charge in [-0.25, -0.2) is 9.37 Å². The Balaban J connectivity index is 1.92. The summed E-state index contributed by atoms with van der Waals surface area (Å²) in [7, 11) is 0. The van der Waals surface area contributed by atoms with Crippen LogP contribution < -0.4 is 5.32 Å². The van der Waals surface area contributed by atoms with Crippen LogP contribution in [0.25, 0.3) is 0 Å². The van der Waals surface area contributed by atoms with Crippen LogP contribution in [-0.2, 0) is 6.42 Å². The molecule has 2 atom stereocenters. The third kappa shape index (κ3) is 3.89. The van der Waals surface area contributed by atoms with Crippen molar-refractivity contribution < 1.29 is 8.81 Å². The third-order valence-electron chi connectivity index (χ3n) is 2.98. The van der Waals surface area contributed by atoms with Gasteiger partial charge in [-0.2, -0.15) is 0 Å². The van der Waals surface area contributed by atoms with Crippen molar-refractivity contribution in [3.8, 4) is 0 Å². The van der Waals surface area contributed by atoms with Crippen LogP contribution in [0, 0.1) is 12.7 Å². The third-order valence-corrected chi connectivity index (χ3v) is 2.98. The van der Waals surface area contributed by atoms with Gasteiger partial charge < -0.3 is 9.73 Å². The number of oxazole rings is 1. The summed E-state index contributed by atoms with van der Waals surface area (Å²) in [6, 6.07) is 6.94. The maximum Gasteiger partial charge on any atom is 0.211 e. The average molecular weight is 262 g/mol. The highest BCUT2D eigenvalue weighted by Gasteiger charge is 2.14. The molecule has 1 N–H and O–H groups in total. The summed E-state index contributed by atoms with van der Waals surface area (Å²) in [6.07, 6.45) is 2.48. The van der Waals surface area contributed by atoms with Gasteiger partial charge in [-0.1, -0.05) is 12.1 Å². The lowest BCUT2D eigenvalue weighted by molar-refractivity contribution is 0.376. The van der Waals surface area contributed by atoms with E-state index in [-0.39, 0.29) is 17.9 Å². The Bertz CT molecular complexity index is 538. The topological polar surface area (TPSA) is 38.1 Å². The number of hydrogen-bond donors (Lipinski definition) is 1. The smallest absolute Gasteiger partial charge is 0.211 e. The maximum absolute atomic E-state index is 13.1. The SMILES string of the molecule is Cc1cnc(C(C)NC(C)Cc2cccc(F)c2)o1. The van der Waals surface area contributed by atoms with Crippen molar-refractivity contribution in [2.75, 3.05) is 0 Å². The quantitative estimate of drug-likeness (QED) is 0.897. The molecule has 0 bridgehead atoms. The summed E-state index contributed by atoms with van der Waals surface area (Å²) in [4.78, 5) is 4.20. The van der Waals surface area contributed by atoms with Gasteiger partial charge in [-0.3, -0.25) is 0 Å². The Hall–Kier alpha value is -1.68. The molecular weight excluding hydrogens is 243 g/mol. The second-order valence-corrected chi connectivity index (χ2v) is 4.93. The first-order valence-electron chi connectivity index (χ1n) is 6.47. The summed E-state index contributed by atoms with van der Waals surface area (Å²) >= 11 is 0. The number of nitrogens with zero attached hydrogens (tertiary/aromatic N) is 1. The summed E-state index contributed by atoms with van der Waals surface area (Å²) in [5.41, 5.74) is 0.982. The van der Waals surface area contributed by atoms with Crippen molar-refractivity contribution >= 4 is 0 Å². The van der Waals surface area contributed by atoms with Crippen LogP contribution in [0.1, 0.15) is 37.1 Å².